The second-order valence-electron chi connectivity index (χ2n) is 7.66. The number of rotatable bonds is 10. The van der Waals surface area contributed by atoms with Crippen LogP contribution in [0, 0.1) is 5.92 Å². The zero-order chi connectivity index (χ0) is 21.8. The minimum atomic E-state index is -0.114. The minimum absolute atomic E-state index is 0. The van der Waals surface area contributed by atoms with Crippen LogP contribution in [0.25, 0.3) is 0 Å². The van der Waals surface area contributed by atoms with Gasteiger partial charge in [0, 0.05) is 38.8 Å². The Balaban J connectivity index is 0.00000480. The SMILES string of the molecule is CCNC(=NCC(=O)NCc1ccc(OC)cc1)NCC(C(C)C)N1CCOCC1.I. The highest BCUT2D eigenvalue weighted by molar-refractivity contribution is 14.0. The summed E-state index contributed by atoms with van der Waals surface area (Å²) < 4.78 is 10.6. The molecule has 0 aromatic heterocycles. The summed E-state index contributed by atoms with van der Waals surface area (Å²) in [6.07, 6.45) is 0. The molecular weight excluding hydrogens is 509 g/mol. The molecular formula is C22H38IN5O3. The molecule has 1 atom stereocenters. The van der Waals surface area contributed by atoms with Gasteiger partial charge in [0.25, 0.3) is 0 Å². The molecule has 2 rings (SSSR count). The molecule has 1 aromatic carbocycles. The molecule has 0 aliphatic carbocycles. The quantitative estimate of drug-likeness (QED) is 0.236. The van der Waals surface area contributed by atoms with Crippen LogP contribution in [0.1, 0.15) is 26.3 Å². The number of halogens is 1. The molecule has 1 aliphatic rings. The molecule has 8 nitrogen and oxygen atoms in total. The average Bonchev–Trinajstić information content (AvgIpc) is 2.77. The molecule has 1 heterocycles. The van der Waals surface area contributed by atoms with Crippen molar-refractivity contribution in [3.63, 3.8) is 0 Å². The first-order valence-corrected chi connectivity index (χ1v) is 10.8. The highest BCUT2D eigenvalue weighted by Gasteiger charge is 2.23. The Hall–Kier alpha value is -1.59. The number of nitrogens with zero attached hydrogens (tertiary/aromatic N) is 2. The predicted octanol–water partition coefficient (Wildman–Crippen LogP) is 1.84. The second kappa shape index (κ2) is 15.3. The Morgan fingerprint density at radius 3 is 2.42 bits per heavy atom. The van der Waals surface area contributed by atoms with Crippen LogP contribution in [0.3, 0.4) is 0 Å². The standard InChI is InChI=1S/C22H37N5O3.HI/c1-5-23-22(25-15-20(17(2)3)27-10-12-30-13-11-27)26-16-21(28)24-14-18-6-8-19(29-4)9-7-18;/h6-9,17,20H,5,10-16H2,1-4H3,(H,24,28)(H2,23,25,26);1H. The summed E-state index contributed by atoms with van der Waals surface area (Å²) in [5.74, 6) is 1.85. The number of guanidine groups is 1. The number of methoxy groups -OCH3 is 1. The smallest absolute Gasteiger partial charge is 0.242 e. The fourth-order valence-electron chi connectivity index (χ4n) is 3.39. The molecule has 1 aliphatic heterocycles. The fourth-order valence-corrected chi connectivity index (χ4v) is 3.39. The number of amides is 1. The molecule has 31 heavy (non-hydrogen) atoms. The summed E-state index contributed by atoms with van der Waals surface area (Å²) in [4.78, 5) is 19.1. The Morgan fingerprint density at radius 1 is 1.16 bits per heavy atom. The van der Waals surface area contributed by atoms with Crippen molar-refractivity contribution in [3.05, 3.63) is 29.8 Å². The first-order chi connectivity index (χ1) is 14.5. The van der Waals surface area contributed by atoms with Crippen molar-refractivity contribution in [1.82, 2.24) is 20.9 Å². The van der Waals surface area contributed by atoms with Crippen molar-refractivity contribution in [2.75, 3.05) is 53.0 Å². The Kier molecular flexibility index (Phi) is 13.5. The molecule has 176 valence electrons. The van der Waals surface area contributed by atoms with Gasteiger partial charge in [-0.3, -0.25) is 9.69 Å². The van der Waals surface area contributed by atoms with Gasteiger partial charge in [0.1, 0.15) is 12.3 Å². The van der Waals surface area contributed by atoms with Gasteiger partial charge in [-0.15, -0.1) is 24.0 Å². The first kappa shape index (κ1) is 27.4. The average molecular weight is 547 g/mol. The van der Waals surface area contributed by atoms with Crippen molar-refractivity contribution in [1.29, 1.82) is 0 Å². The number of nitrogens with one attached hydrogen (secondary N) is 3. The van der Waals surface area contributed by atoms with Crippen molar-refractivity contribution >= 4 is 35.8 Å². The number of aliphatic imine (C=N–C) groups is 1. The third-order valence-corrected chi connectivity index (χ3v) is 5.14. The van der Waals surface area contributed by atoms with E-state index in [2.05, 4.69) is 39.7 Å². The number of morpholine rings is 1. The Bertz CT molecular complexity index is 664. The molecule has 1 unspecified atom stereocenters. The zero-order valence-electron chi connectivity index (χ0n) is 19.1. The summed E-state index contributed by atoms with van der Waals surface area (Å²) in [5.41, 5.74) is 1.02. The maximum Gasteiger partial charge on any atom is 0.242 e. The van der Waals surface area contributed by atoms with Crippen molar-refractivity contribution < 1.29 is 14.3 Å². The summed E-state index contributed by atoms with van der Waals surface area (Å²) in [5, 5.41) is 9.53. The Morgan fingerprint density at radius 2 is 1.84 bits per heavy atom. The summed E-state index contributed by atoms with van der Waals surface area (Å²) in [6, 6.07) is 8.03. The molecule has 3 N–H and O–H groups in total. The van der Waals surface area contributed by atoms with E-state index in [4.69, 9.17) is 9.47 Å². The van der Waals surface area contributed by atoms with Crippen LogP contribution in [0.2, 0.25) is 0 Å². The zero-order valence-corrected chi connectivity index (χ0v) is 21.5. The van der Waals surface area contributed by atoms with Crippen LogP contribution in [-0.2, 0) is 16.1 Å². The van der Waals surface area contributed by atoms with Gasteiger partial charge in [0.05, 0.1) is 20.3 Å². The van der Waals surface area contributed by atoms with E-state index < -0.39 is 0 Å². The second-order valence-corrected chi connectivity index (χ2v) is 7.66. The maximum atomic E-state index is 12.2. The Labute approximate surface area is 203 Å². The number of hydrogen-bond acceptors (Lipinski definition) is 5. The normalized spacial score (nSPS) is 15.7. The minimum Gasteiger partial charge on any atom is -0.497 e. The highest BCUT2D eigenvalue weighted by atomic mass is 127. The van der Waals surface area contributed by atoms with Crippen LogP contribution in [0.5, 0.6) is 5.75 Å². The van der Waals surface area contributed by atoms with Gasteiger partial charge in [-0.05, 0) is 30.5 Å². The molecule has 0 saturated carbocycles. The van der Waals surface area contributed by atoms with Gasteiger partial charge < -0.3 is 25.4 Å². The lowest BCUT2D eigenvalue weighted by atomic mass is 10.0. The summed E-state index contributed by atoms with van der Waals surface area (Å²) >= 11 is 0. The van der Waals surface area contributed by atoms with Crippen LogP contribution in [0.15, 0.2) is 29.3 Å². The molecule has 0 radical (unpaired) electrons. The van der Waals surface area contributed by atoms with Gasteiger partial charge in [-0.2, -0.15) is 0 Å². The number of carbonyl (C=O) groups excluding carboxylic acids is 1. The number of ether oxygens (including phenoxy) is 2. The summed E-state index contributed by atoms with van der Waals surface area (Å²) in [7, 11) is 1.63. The van der Waals surface area contributed by atoms with Crippen LogP contribution >= 0.6 is 24.0 Å². The third kappa shape index (κ3) is 10.0. The fraction of sp³-hybridized carbons (Fsp3) is 0.636. The lowest BCUT2D eigenvalue weighted by Gasteiger charge is -2.37. The largest absolute Gasteiger partial charge is 0.497 e. The van der Waals surface area contributed by atoms with Gasteiger partial charge >= 0.3 is 0 Å². The molecule has 1 amide bonds. The lowest BCUT2D eigenvalue weighted by Crippen LogP contribution is -2.52. The lowest BCUT2D eigenvalue weighted by molar-refractivity contribution is -0.119. The van der Waals surface area contributed by atoms with E-state index in [1.807, 2.05) is 31.2 Å². The van der Waals surface area contributed by atoms with E-state index in [9.17, 15) is 4.79 Å². The maximum absolute atomic E-state index is 12.2. The van der Waals surface area contributed by atoms with Crippen molar-refractivity contribution in [2.45, 2.75) is 33.4 Å². The highest BCUT2D eigenvalue weighted by Crippen LogP contribution is 2.12. The van der Waals surface area contributed by atoms with Gasteiger partial charge in [-0.1, -0.05) is 26.0 Å². The van der Waals surface area contributed by atoms with Crippen molar-refractivity contribution in [3.8, 4) is 5.75 Å². The third-order valence-electron chi connectivity index (χ3n) is 5.14. The molecule has 1 fully saturated rings. The van der Waals surface area contributed by atoms with E-state index >= 15 is 0 Å². The molecule has 9 heteroatoms. The summed E-state index contributed by atoms with van der Waals surface area (Å²) in [6.45, 7) is 12.0. The van der Waals surface area contributed by atoms with Crippen LogP contribution < -0.4 is 20.7 Å². The number of benzene rings is 1. The van der Waals surface area contributed by atoms with Gasteiger partial charge in [-0.25, -0.2) is 4.99 Å². The molecule has 0 spiro atoms. The van der Waals surface area contributed by atoms with Crippen LogP contribution in [-0.4, -0.2) is 75.9 Å². The first-order valence-electron chi connectivity index (χ1n) is 10.8. The van der Waals surface area contributed by atoms with E-state index in [0.717, 1.165) is 50.7 Å². The monoisotopic (exact) mass is 547 g/mol. The molecule has 0 bridgehead atoms. The van der Waals surface area contributed by atoms with E-state index in [1.54, 1.807) is 7.11 Å². The van der Waals surface area contributed by atoms with E-state index in [0.29, 0.717) is 24.5 Å². The van der Waals surface area contributed by atoms with Crippen molar-refractivity contribution in [2.24, 2.45) is 10.9 Å². The van der Waals surface area contributed by atoms with Gasteiger partial charge in [0.2, 0.25) is 5.91 Å². The molecule has 1 saturated heterocycles. The number of hydrogen-bond donors (Lipinski definition) is 3. The number of carbonyl (C=O) groups is 1. The van der Waals surface area contributed by atoms with Gasteiger partial charge in [0.15, 0.2) is 5.96 Å². The van der Waals surface area contributed by atoms with Crippen LogP contribution in [0.4, 0.5) is 0 Å². The topological polar surface area (TPSA) is 87.2 Å². The van der Waals surface area contributed by atoms with E-state index in [-0.39, 0.29) is 36.4 Å². The van der Waals surface area contributed by atoms with E-state index in [1.165, 1.54) is 0 Å². The molecule has 1 aromatic rings. The predicted molar refractivity (Wildman–Crippen MR) is 135 cm³/mol.